The number of piperazine rings is 1. The Kier molecular flexibility index (Phi) is 4.26. The van der Waals surface area contributed by atoms with Crippen molar-refractivity contribution in [1.29, 1.82) is 0 Å². The summed E-state index contributed by atoms with van der Waals surface area (Å²) in [5.74, 6) is 1.39. The Morgan fingerprint density at radius 3 is 2.76 bits per heavy atom. The van der Waals surface area contributed by atoms with Gasteiger partial charge in [0.15, 0.2) is 5.76 Å². The fourth-order valence-electron chi connectivity index (χ4n) is 3.27. The molecule has 2 fully saturated rings. The van der Waals surface area contributed by atoms with Gasteiger partial charge in [-0.2, -0.15) is 0 Å². The van der Waals surface area contributed by atoms with Crippen molar-refractivity contribution in [3.63, 3.8) is 0 Å². The summed E-state index contributed by atoms with van der Waals surface area (Å²) in [6.45, 7) is 9.22. The summed E-state index contributed by atoms with van der Waals surface area (Å²) in [4.78, 5) is 16.9. The largest absolute Gasteiger partial charge is 0.360 e. The maximum absolute atomic E-state index is 12.5. The number of aryl methyl sites for hydroxylation is 1. The van der Waals surface area contributed by atoms with Crippen molar-refractivity contribution in [1.82, 2.24) is 20.3 Å². The molecule has 0 aromatic carbocycles. The van der Waals surface area contributed by atoms with Gasteiger partial charge in [0.2, 0.25) is 5.91 Å². The van der Waals surface area contributed by atoms with Gasteiger partial charge in [-0.05, 0) is 26.8 Å². The molecule has 6 nitrogen and oxygen atoms in total. The van der Waals surface area contributed by atoms with Crippen LogP contribution >= 0.6 is 0 Å². The van der Waals surface area contributed by atoms with E-state index < -0.39 is 0 Å². The van der Waals surface area contributed by atoms with Gasteiger partial charge in [0, 0.05) is 38.3 Å². The number of hydrogen-bond donors (Lipinski definition) is 1. The van der Waals surface area contributed by atoms with E-state index in [1.165, 1.54) is 0 Å². The molecule has 3 rings (SSSR count). The lowest BCUT2D eigenvalue weighted by atomic mass is 10.00. The Morgan fingerprint density at radius 2 is 2.19 bits per heavy atom. The minimum absolute atomic E-state index is 0.161. The molecule has 0 saturated carbocycles. The summed E-state index contributed by atoms with van der Waals surface area (Å²) in [6, 6.07) is 2.29. The number of rotatable bonds is 3. The van der Waals surface area contributed by atoms with E-state index >= 15 is 0 Å². The maximum Gasteiger partial charge on any atom is 0.227 e. The Labute approximate surface area is 125 Å². The van der Waals surface area contributed by atoms with Crippen LogP contribution in [0.3, 0.4) is 0 Å². The normalized spacial score (nSPS) is 27.2. The molecule has 0 aliphatic carbocycles. The maximum atomic E-state index is 12.5. The third kappa shape index (κ3) is 3.27. The zero-order valence-corrected chi connectivity index (χ0v) is 12.8. The fourth-order valence-corrected chi connectivity index (χ4v) is 3.27. The third-order valence-corrected chi connectivity index (χ3v) is 4.58. The number of nitrogens with zero attached hydrogens (tertiary/aromatic N) is 3. The number of carbonyl (C=O) groups excluding carboxylic acids is 1. The Balaban J connectivity index is 1.49. The average molecular weight is 292 g/mol. The van der Waals surface area contributed by atoms with Crippen LogP contribution in [-0.2, 0) is 11.3 Å². The molecular formula is C15H24N4O2. The van der Waals surface area contributed by atoms with Gasteiger partial charge in [-0.3, -0.25) is 9.69 Å². The summed E-state index contributed by atoms with van der Waals surface area (Å²) in [5.41, 5.74) is 0.918. The molecule has 2 aliphatic heterocycles. The highest BCUT2D eigenvalue weighted by Crippen LogP contribution is 2.19. The Bertz CT molecular complexity index is 494. The molecule has 1 N–H and O–H groups in total. The fraction of sp³-hybridized carbons (Fsp3) is 0.733. The Morgan fingerprint density at radius 1 is 1.43 bits per heavy atom. The first-order valence-corrected chi connectivity index (χ1v) is 7.80. The van der Waals surface area contributed by atoms with Crippen LogP contribution in [0.1, 0.15) is 24.8 Å². The molecule has 2 unspecified atom stereocenters. The van der Waals surface area contributed by atoms with E-state index in [1.807, 2.05) is 17.9 Å². The number of hydrogen-bond acceptors (Lipinski definition) is 5. The van der Waals surface area contributed by atoms with E-state index in [-0.39, 0.29) is 5.92 Å². The van der Waals surface area contributed by atoms with Gasteiger partial charge in [0.05, 0.1) is 18.2 Å². The van der Waals surface area contributed by atoms with Crippen molar-refractivity contribution < 1.29 is 9.32 Å². The third-order valence-electron chi connectivity index (χ3n) is 4.58. The predicted octanol–water partition coefficient (Wildman–Crippen LogP) is 0.625. The van der Waals surface area contributed by atoms with Crippen molar-refractivity contribution in [2.45, 2.75) is 32.9 Å². The first-order chi connectivity index (χ1) is 10.1. The van der Waals surface area contributed by atoms with E-state index in [4.69, 9.17) is 4.52 Å². The van der Waals surface area contributed by atoms with Crippen molar-refractivity contribution in [2.75, 3.05) is 32.7 Å². The van der Waals surface area contributed by atoms with Crippen LogP contribution in [0, 0.1) is 12.8 Å². The molecule has 2 atom stereocenters. The van der Waals surface area contributed by atoms with Gasteiger partial charge in [-0.15, -0.1) is 0 Å². The van der Waals surface area contributed by atoms with E-state index in [0.717, 1.165) is 57.1 Å². The van der Waals surface area contributed by atoms with Crippen LogP contribution in [0.25, 0.3) is 0 Å². The summed E-state index contributed by atoms with van der Waals surface area (Å²) < 4.78 is 5.26. The van der Waals surface area contributed by atoms with Gasteiger partial charge >= 0.3 is 0 Å². The van der Waals surface area contributed by atoms with Gasteiger partial charge < -0.3 is 14.7 Å². The highest BCUT2D eigenvalue weighted by atomic mass is 16.5. The molecule has 0 bridgehead atoms. The molecule has 0 spiro atoms. The van der Waals surface area contributed by atoms with Crippen molar-refractivity contribution in [3.8, 4) is 0 Å². The highest BCUT2D eigenvalue weighted by Gasteiger charge is 2.33. The van der Waals surface area contributed by atoms with E-state index in [0.29, 0.717) is 11.9 Å². The van der Waals surface area contributed by atoms with Crippen LogP contribution in [0.4, 0.5) is 0 Å². The molecule has 116 valence electrons. The molecule has 2 saturated heterocycles. The van der Waals surface area contributed by atoms with Gasteiger partial charge in [0.1, 0.15) is 0 Å². The summed E-state index contributed by atoms with van der Waals surface area (Å²) >= 11 is 0. The second-order valence-corrected chi connectivity index (χ2v) is 6.17. The smallest absolute Gasteiger partial charge is 0.227 e. The highest BCUT2D eigenvalue weighted by molar-refractivity contribution is 5.80. The van der Waals surface area contributed by atoms with E-state index in [9.17, 15) is 4.79 Å². The van der Waals surface area contributed by atoms with Crippen LogP contribution in [0.5, 0.6) is 0 Å². The molecule has 21 heavy (non-hydrogen) atoms. The van der Waals surface area contributed by atoms with Crippen molar-refractivity contribution >= 4 is 5.91 Å². The SMILES string of the molecule is Cc1cc(CN2CCN(C(=O)C3CCNC3C)CC2)on1. The van der Waals surface area contributed by atoms with Crippen molar-refractivity contribution in [3.05, 3.63) is 17.5 Å². The molecule has 1 aromatic heterocycles. The minimum Gasteiger partial charge on any atom is -0.360 e. The van der Waals surface area contributed by atoms with Crippen LogP contribution in [0.2, 0.25) is 0 Å². The zero-order chi connectivity index (χ0) is 14.8. The molecular weight excluding hydrogens is 268 g/mol. The molecule has 0 radical (unpaired) electrons. The molecule has 3 heterocycles. The lowest BCUT2D eigenvalue weighted by Crippen LogP contribution is -2.51. The monoisotopic (exact) mass is 292 g/mol. The number of amides is 1. The van der Waals surface area contributed by atoms with E-state index in [1.54, 1.807) is 0 Å². The standard InChI is InChI=1S/C15H24N4O2/c1-11-9-13(21-17-11)10-18-5-7-19(8-6-18)15(20)14-3-4-16-12(14)2/h9,12,14,16H,3-8,10H2,1-2H3. The van der Waals surface area contributed by atoms with Gasteiger partial charge in [-0.1, -0.05) is 5.16 Å². The second-order valence-electron chi connectivity index (χ2n) is 6.17. The zero-order valence-electron chi connectivity index (χ0n) is 12.8. The molecule has 1 aromatic rings. The average Bonchev–Trinajstić information content (AvgIpc) is 3.08. The minimum atomic E-state index is 0.161. The van der Waals surface area contributed by atoms with Gasteiger partial charge in [-0.25, -0.2) is 0 Å². The first kappa shape index (κ1) is 14.5. The number of aromatic nitrogens is 1. The van der Waals surface area contributed by atoms with Crippen LogP contribution < -0.4 is 5.32 Å². The summed E-state index contributed by atoms with van der Waals surface area (Å²) in [5, 5.41) is 7.27. The number of carbonyl (C=O) groups is 1. The second kappa shape index (κ2) is 6.15. The van der Waals surface area contributed by atoms with Gasteiger partial charge in [0.25, 0.3) is 0 Å². The van der Waals surface area contributed by atoms with E-state index in [2.05, 4.69) is 22.3 Å². The summed E-state index contributed by atoms with van der Waals surface area (Å²) in [7, 11) is 0. The quantitative estimate of drug-likeness (QED) is 0.885. The first-order valence-electron chi connectivity index (χ1n) is 7.80. The lowest BCUT2D eigenvalue weighted by molar-refractivity contribution is -0.137. The van der Waals surface area contributed by atoms with Crippen molar-refractivity contribution in [2.24, 2.45) is 5.92 Å². The Hall–Kier alpha value is -1.40. The molecule has 2 aliphatic rings. The predicted molar refractivity (Wildman–Crippen MR) is 78.7 cm³/mol. The lowest BCUT2D eigenvalue weighted by Gasteiger charge is -2.36. The topological polar surface area (TPSA) is 61.6 Å². The van der Waals surface area contributed by atoms with Crippen LogP contribution in [-0.4, -0.2) is 59.6 Å². The molecule has 1 amide bonds. The number of nitrogens with one attached hydrogen (secondary N) is 1. The summed E-state index contributed by atoms with van der Waals surface area (Å²) in [6.07, 6.45) is 0.970. The molecule has 6 heteroatoms. The van der Waals surface area contributed by atoms with Crippen LogP contribution in [0.15, 0.2) is 10.6 Å².